The molecule has 22 nitrogen and oxygen atoms in total. The number of nitrogens with zero attached hydrogens (tertiary/aromatic N) is 5. The molecule has 0 unspecified atom stereocenters. The van der Waals surface area contributed by atoms with Crippen LogP contribution in [0.5, 0.6) is 0 Å². The predicted octanol–water partition coefficient (Wildman–Crippen LogP) is -1.27. The van der Waals surface area contributed by atoms with Crippen LogP contribution >= 0.6 is 0 Å². The van der Waals surface area contributed by atoms with Gasteiger partial charge in [-0.15, -0.1) is 0 Å². The third kappa shape index (κ3) is 14.6. The van der Waals surface area contributed by atoms with Gasteiger partial charge < -0.3 is 29.3 Å². The minimum atomic E-state index is -1.11. The zero-order chi connectivity index (χ0) is 43.2. The van der Waals surface area contributed by atoms with Crippen LogP contribution in [0.3, 0.4) is 0 Å². The van der Waals surface area contributed by atoms with Crippen molar-refractivity contribution in [1.29, 1.82) is 0 Å². The number of carbonyl (C=O) groups excluding carboxylic acids is 6. The van der Waals surface area contributed by atoms with E-state index in [0.717, 1.165) is 43.4 Å². The molecule has 0 spiro atoms. The standard InChI is InChI=1S/C36H47N9O13/c1-23-16-43(32(52)38-30(23)50)18-26(46)41(13-12-37-34(54)58-36(3,4)5)20-28(48)45(40-35(55)57-22-25-10-8-7-9-11-25)15-14-42(21-29(49)56-6)27(47)19-44-17-24(2)31(51)39-33(44)53/h7-11,16-17H,12-15,18-22H2,1-6H3,(H,37,54)(H,40,55)(H,38,50,52)(H,39,51,53). The summed E-state index contributed by atoms with van der Waals surface area (Å²) in [5, 5.41) is 3.21. The van der Waals surface area contributed by atoms with Crippen LogP contribution in [-0.4, -0.2) is 122 Å². The summed E-state index contributed by atoms with van der Waals surface area (Å²) in [5.41, 5.74) is -0.819. The molecule has 58 heavy (non-hydrogen) atoms. The summed E-state index contributed by atoms with van der Waals surface area (Å²) in [4.78, 5) is 134. The van der Waals surface area contributed by atoms with E-state index < -0.39 is 103 Å². The van der Waals surface area contributed by atoms with Gasteiger partial charge in [-0.05, 0) is 40.2 Å². The van der Waals surface area contributed by atoms with Crippen molar-refractivity contribution >= 4 is 35.9 Å². The number of hydrazine groups is 1. The van der Waals surface area contributed by atoms with Gasteiger partial charge in [0.2, 0.25) is 11.8 Å². The lowest BCUT2D eigenvalue weighted by Gasteiger charge is -2.30. The van der Waals surface area contributed by atoms with E-state index in [1.54, 1.807) is 51.1 Å². The van der Waals surface area contributed by atoms with Crippen molar-refractivity contribution in [2.45, 2.75) is 59.9 Å². The van der Waals surface area contributed by atoms with Gasteiger partial charge in [0.1, 0.15) is 38.4 Å². The van der Waals surface area contributed by atoms with E-state index in [9.17, 15) is 47.9 Å². The Morgan fingerprint density at radius 3 is 1.78 bits per heavy atom. The number of H-pyrrole nitrogens is 2. The number of amides is 5. The van der Waals surface area contributed by atoms with Crippen LogP contribution in [0.25, 0.3) is 0 Å². The highest BCUT2D eigenvalue weighted by Gasteiger charge is 2.27. The van der Waals surface area contributed by atoms with Gasteiger partial charge in [-0.2, -0.15) is 0 Å². The molecule has 1 aromatic carbocycles. The molecule has 0 fully saturated rings. The topological polar surface area (TPSA) is 274 Å². The number of alkyl carbamates (subject to hydrolysis) is 1. The Bertz CT molecular complexity index is 2200. The number of rotatable bonds is 16. The zero-order valence-corrected chi connectivity index (χ0v) is 32.9. The molecule has 0 saturated carbocycles. The lowest BCUT2D eigenvalue weighted by atomic mass is 10.2. The van der Waals surface area contributed by atoms with E-state index >= 15 is 0 Å². The molecule has 0 bridgehead atoms. The quantitative estimate of drug-likeness (QED) is 0.0747. The SMILES string of the molecule is COC(=O)CN(CCN(NC(=O)OCc1ccccc1)C(=O)CN(CCNC(=O)OC(C)(C)C)C(=O)Cn1cc(C)c(=O)[nH]c1=O)C(=O)Cn1cc(C)c(=O)[nH]c1=O. The smallest absolute Gasteiger partial charge is 0.426 e. The summed E-state index contributed by atoms with van der Waals surface area (Å²) in [7, 11) is 1.08. The molecule has 2 aromatic heterocycles. The number of aromatic amines is 2. The Morgan fingerprint density at radius 2 is 1.26 bits per heavy atom. The molecule has 22 heteroatoms. The normalized spacial score (nSPS) is 10.9. The maximum Gasteiger partial charge on any atom is 0.426 e. The van der Waals surface area contributed by atoms with Crippen molar-refractivity contribution < 1.29 is 43.0 Å². The van der Waals surface area contributed by atoms with Gasteiger partial charge in [0.25, 0.3) is 17.0 Å². The monoisotopic (exact) mass is 813 g/mol. The minimum Gasteiger partial charge on any atom is -0.468 e. The number of aromatic nitrogens is 4. The number of esters is 1. The number of methoxy groups -OCH3 is 1. The molecule has 0 aliphatic heterocycles. The molecule has 0 aliphatic carbocycles. The van der Waals surface area contributed by atoms with Crippen LogP contribution in [0.2, 0.25) is 0 Å². The molecule has 2 heterocycles. The van der Waals surface area contributed by atoms with E-state index in [-0.39, 0.29) is 30.8 Å². The van der Waals surface area contributed by atoms with E-state index in [1.165, 1.54) is 13.8 Å². The third-order valence-electron chi connectivity index (χ3n) is 7.95. The second-order valence-corrected chi connectivity index (χ2v) is 13.8. The first-order valence-corrected chi connectivity index (χ1v) is 17.7. The number of ether oxygens (including phenoxy) is 3. The molecular formula is C36H47N9O13. The van der Waals surface area contributed by atoms with E-state index in [4.69, 9.17) is 14.2 Å². The highest BCUT2D eigenvalue weighted by Crippen LogP contribution is 2.07. The maximum atomic E-state index is 14.0. The highest BCUT2D eigenvalue weighted by molar-refractivity contribution is 5.86. The van der Waals surface area contributed by atoms with Crippen molar-refractivity contribution in [3.63, 3.8) is 0 Å². The Hall–Kier alpha value is -7.00. The number of hydrogen-bond donors (Lipinski definition) is 4. The average molecular weight is 814 g/mol. The van der Waals surface area contributed by atoms with E-state index in [2.05, 4.69) is 20.7 Å². The van der Waals surface area contributed by atoms with Gasteiger partial charge in [-0.25, -0.2) is 29.6 Å². The molecule has 3 aromatic rings. The second kappa shape index (κ2) is 20.8. The van der Waals surface area contributed by atoms with Crippen LogP contribution in [-0.2, 0) is 53.1 Å². The molecule has 0 radical (unpaired) electrons. The summed E-state index contributed by atoms with van der Waals surface area (Å²) in [6, 6.07) is 8.56. The van der Waals surface area contributed by atoms with Gasteiger partial charge in [0.05, 0.1) is 13.7 Å². The Kier molecular flexibility index (Phi) is 16.3. The van der Waals surface area contributed by atoms with Crippen LogP contribution in [0.4, 0.5) is 9.59 Å². The first-order valence-electron chi connectivity index (χ1n) is 17.7. The first kappa shape index (κ1) is 45.4. The molecule has 314 valence electrons. The van der Waals surface area contributed by atoms with E-state index in [0.29, 0.717) is 5.56 Å². The average Bonchev–Trinajstić information content (AvgIpc) is 3.15. The summed E-state index contributed by atoms with van der Waals surface area (Å²) < 4.78 is 17.1. The maximum absolute atomic E-state index is 14.0. The fourth-order valence-electron chi connectivity index (χ4n) is 4.95. The van der Waals surface area contributed by atoms with Crippen molar-refractivity contribution in [2.75, 3.05) is 46.4 Å². The molecule has 0 saturated heterocycles. The van der Waals surface area contributed by atoms with Gasteiger partial charge >= 0.3 is 29.5 Å². The number of aryl methyl sites for hydroxylation is 2. The molecule has 3 rings (SSSR count). The number of nitrogens with one attached hydrogen (secondary N) is 4. The lowest BCUT2D eigenvalue weighted by molar-refractivity contribution is -0.148. The Morgan fingerprint density at radius 1 is 0.724 bits per heavy atom. The second-order valence-electron chi connectivity index (χ2n) is 13.8. The van der Waals surface area contributed by atoms with Crippen molar-refractivity contribution in [2.24, 2.45) is 0 Å². The molecule has 5 amide bonds. The van der Waals surface area contributed by atoms with Crippen LogP contribution < -0.4 is 33.2 Å². The number of benzene rings is 1. The minimum absolute atomic E-state index is 0.123. The third-order valence-corrected chi connectivity index (χ3v) is 7.95. The summed E-state index contributed by atoms with van der Waals surface area (Å²) in [6.45, 7) is 3.34. The van der Waals surface area contributed by atoms with Crippen LogP contribution in [0, 0.1) is 13.8 Å². The number of hydrogen-bond acceptors (Lipinski definition) is 13. The summed E-state index contributed by atoms with van der Waals surface area (Å²) >= 11 is 0. The van der Waals surface area contributed by atoms with E-state index in [1.807, 2.05) is 0 Å². The van der Waals surface area contributed by atoms with Gasteiger partial charge in [0, 0.05) is 43.2 Å². The van der Waals surface area contributed by atoms with Crippen LogP contribution in [0.1, 0.15) is 37.5 Å². The lowest BCUT2D eigenvalue weighted by Crippen LogP contribution is -2.55. The fraction of sp³-hybridized carbons (Fsp3) is 0.444. The van der Waals surface area contributed by atoms with Crippen molar-refractivity contribution in [3.8, 4) is 0 Å². The van der Waals surface area contributed by atoms with Crippen molar-refractivity contribution in [1.82, 2.24) is 44.7 Å². The summed E-state index contributed by atoms with van der Waals surface area (Å²) in [5.74, 6) is -3.45. The first-order chi connectivity index (χ1) is 27.3. The Balaban J connectivity index is 1.91. The molecule has 4 N–H and O–H groups in total. The fourth-order valence-corrected chi connectivity index (χ4v) is 4.95. The Labute approximate surface area is 330 Å². The van der Waals surface area contributed by atoms with Crippen LogP contribution in [0.15, 0.2) is 61.9 Å². The number of carbonyl (C=O) groups is 6. The zero-order valence-electron chi connectivity index (χ0n) is 32.9. The van der Waals surface area contributed by atoms with Crippen molar-refractivity contribution in [3.05, 3.63) is 101 Å². The predicted molar refractivity (Wildman–Crippen MR) is 203 cm³/mol. The molecular weight excluding hydrogens is 766 g/mol. The molecule has 0 aliphatic rings. The largest absolute Gasteiger partial charge is 0.468 e. The van der Waals surface area contributed by atoms with Gasteiger partial charge in [-0.3, -0.25) is 47.9 Å². The van der Waals surface area contributed by atoms with Gasteiger partial charge in [-0.1, -0.05) is 30.3 Å². The summed E-state index contributed by atoms with van der Waals surface area (Å²) in [6.07, 6.45) is 0.376. The van der Waals surface area contributed by atoms with Gasteiger partial charge in [0.15, 0.2) is 0 Å². The highest BCUT2D eigenvalue weighted by atomic mass is 16.6. The molecule has 0 atom stereocenters.